The molecule has 1 saturated heterocycles. The van der Waals surface area contributed by atoms with Gasteiger partial charge in [0, 0.05) is 26.1 Å². The molecule has 27 heavy (non-hydrogen) atoms. The summed E-state index contributed by atoms with van der Waals surface area (Å²) in [5.74, 6) is -0.103. The predicted octanol–water partition coefficient (Wildman–Crippen LogP) is 3.28. The van der Waals surface area contributed by atoms with E-state index in [1.54, 1.807) is 4.90 Å². The number of nitrogens with zero attached hydrogens (tertiary/aromatic N) is 1. The van der Waals surface area contributed by atoms with Crippen molar-refractivity contribution in [1.29, 1.82) is 0 Å². The number of hydrogen-bond donors (Lipinski definition) is 2. The number of aliphatic hydroxyl groups excluding tert-OH is 1. The quantitative estimate of drug-likeness (QED) is 0.694. The Balaban J connectivity index is 1.76. The first-order chi connectivity index (χ1) is 12.9. The van der Waals surface area contributed by atoms with E-state index in [1.807, 2.05) is 0 Å². The molecule has 1 aliphatic heterocycles. The molecule has 1 heterocycles. The zero-order valence-electron chi connectivity index (χ0n) is 16.6. The molecule has 1 aliphatic rings. The number of hydrogen-bond acceptors (Lipinski definition) is 3. The van der Waals surface area contributed by atoms with Crippen LogP contribution in [0.15, 0.2) is 24.3 Å². The third-order valence-corrected chi connectivity index (χ3v) is 5.64. The first-order valence-corrected chi connectivity index (χ1v) is 10.1. The number of aliphatic hydroxyl groups is 1. The van der Waals surface area contributed by atoms with Crippen molar-refractivity contribution in [3.63, 3.8) is 0 Å². The predicted molar refractivity (Wildman–Crippen MR) is 106 cm³/mol. The molecular weight excluding hydrogens is 342 g/mol. The molecule has 0 atom stereocenters. The molecule has 1 amide bonds. The van der Waals surface area contributed by atoms with Crippen LogP contribution < -0.4 is 0 Å². The Morgan fingerprint density at radius 3 is 2.22 bits per heavy atom. The molecule has 0 bridgehead atoms. The number of aryl methyl sites for hydroxylation is 1. The summed E-state index contributed by atoms with van der Waals surface area (Å²) < 4.78 is 0. The van der Waals surface area contributed by atoms with E-state index in [2.05, 4.69) is 38.1 Å². The topological polar surface area (TPSA) is 77.8 Å². The van der Waals surface area contributed by atoms with Crippen LogP contribution in [-0.2, 0) is 22.4 Å². The van der Waals surface area contributed by atoms with Crippen LogP contribution in [0.2, 0.25) is 0 Å². The maximum Gasteiger partial charge on any atom is 0.309 e. The van der Waals surface area contributed by atoms with Crippen molar-refractivity contribution in [2.24, 2.45) is 11.3 Å². The number of carboxylic acids is 1. The molecule has 0 aliphatic carbocycles. The molecule has 2 N–H and O–H groups in total. The molecule has 1 fully saturated rings. The summed E-state index contributed by atoms with van der Waals surface area (Å²) in [4.78, 5) is 25.8. The average molecular weight is 376 g/mol. The Kier molecular flexibility index (Phi) is 7.84. The maximum atomic E-state index is 12.4. The zero-order valence-corrected chi connectivity index (χ0v) is 16.6. The van der Waals surface area contributed by atoms with E-state index in [0.29, 0.717) is 38.3 Å². The van der Waals surface area contributed by atoms with E-state index in [0.717, 1.165) is 19.3 Å². The Labute approximate surface area is 162 Å². The summed E-state index contributed by atoms with van der Waals surface area (Å²) in [6.45, 7) is 5.23. The Morgan fingerprint density at radius 2 is 1.70 bits per heavy atom. The number of likely N-dealkylation sites (tertiary alicyclic amines) is 1. The molecule has 0 spiro atoms. The van der Waals surface area contributed by atoms with Crippen LogP contribution in [0.5, 0.6) is 0 Å². The number of rotatable bonds is 9. The third-order valence-electron chi connectivity index (χ3n) is 5.64. The Morgan fingerprint density at radius 1 is 1.11 bits per heavy atom. The van der Waals surface area contributed by atoms with Crippen LogP contribution in [0.4, 0.5) is 0 Å². The smallest absolute Gasteiger partial charge is 0.309 e. The number of benzene rings is 1. The van der Waals surface area contributed by atoms with E-state index in [1.165, 1.54) is 11.1 Å². The summed E-state index contributed by atoms with van der Waals surface area (Å²) in [6, 6.07) is 8.65. The second-order valence-electron chi connectivity index (χ2n) is 8.21. The van der Waals surface area contributed by atoms with Crippen LogP contribution in [0.3, 0.4) is 0 Å². The fourth-order valence-corrected chi connectivity index (χ4v) is 3.88. The zero-order chi connectivity index (χ0) is 19.9. The van der Waals surface area contributed by atoms with Crippen molar-refractivity contribution in [3.05, 3.63) is 35.4 Å². The SMILES string of the molecule is CC(C)Cc1ccc(CCCC(=O)N2CCC(CCO)(C(=O)O)CC2)cc1. The first-order valence-electron chi connectivity index (χ1n) is 10.1. The number of carbonyl (C=O) groups excluding carboxylic acids is 1. The minimum atomic E-state index is -0.872. The maximum absolute atomic E-state index is 12.4. The first kappa shape index (κ1) is 21.4. The van der Waals surface area contributed by atoms with Crippen molar-refractivity contribution in [3.8, 4) is 0 Å². The summed E-state index contributed by atoms with van der Waals surface area (Å²) >= 11 is 0. The van der Waals surface area contributed by atoms with Gasteiger partial charge in [0.25, 0.3) is 0 Å². The highest BCUT2D eigenvalue weighted by molar-refractivity contribution is 5.78. The summed E-state index contributed by atoms with van der Waals surface area (Å²) in [5.41, 5.74) is 1.73. The second kappa shape index (κ2) is 9.88. The summed E-state index contributed by atoms with van der Waals surface area (Å²) in [5, 5.41) is 18.6. The standard InChI is InChI=1S/C22H33NO4/c1-17(2)16-19-8-6-18(7-9-19)4-3-5-20(25)23-13-10-22(11-14-23,12-15-24)21(26)27/h6-9,17,24H,3-5,10-16H2,1-2H3,(H,26,27). The van der Waals surface area contributed by atoms with Gasteiger partial charge in [0.1, 0.15) is 0 Å². The van der Waals surface area contributed by atoms with Gasteiger partial charge < -0.3 is 15.1 Å². The van der Waals surface area contributed by atoms with Gasteiger partial charge in [0.2, 0.25) is 5.91 Å². The molecule has 1 aromatic carbocycles. The minimum Gasteiger partial charge on any atom is -0.481 e. The van der Waals surface area contributed by atoms with Gasteiger partial charge in [-0.15, -0.1) is 0 Å². The molecule has 5 nitrogen and oxygen atoms in total. The van der Waals surface area contributed by atoms with Gasteiger partial charge in [-0.25, -0.2) is 0 Å². The number of carboxylic acid groups (broad SMARTS) is 1. The highest BCUT2D eigenvalue weighted by atomic mass is 16.4. The van der Waals surface area contributed by atoms with Crippen molar-refractivity contribution in [2.45, 2.75) is 58.8 Å². The van der Waals surface area contributed by atoms with Crippen molar-refractivity contribution < 1.29 is 19.8 Å². The lowest BCUT2D eigenvalue weighted by atomic mass is 9.76. The number of carbonyl (C=O) groups is 2. The monoisotopic (exact) mass is 375 g/mol. The lowest BCUT2D eigenvalue weighted by Gasteiger charge is -2.38. The number of piperidine rings is 1. The second-order valence-corrected chi connectivity index (χ2v) is 8.21. The largest absolute Gasteiger partial charge is 0.481 e. The van der Waals surface area contributed by atoms with Crippen molar-refractivity contribution in [2.75, 3.05) is 19.7 Å². The molecule has 1 aromatic rings. The van der Waals surface area contributed by atoms with Crippen LogP contribution in [0.1, 0.15) is 57.1 Å². The van der Waals surface area contributed by atoms with Gasteiger partial charge in [-0.1, -0.05) is 38.1 Å². The summed E-state index contributed by atoms with van der Waals surface area (Å²) in [7, 11) is 0. The van der Waals surface area contributed by atoms with Crippen molar-refractivity contribution in [1.82, 2.24) is 4.90 Å². The highest BCUT2D eigenvalue weighted by Crippen LogP contribution is 2.35. The fourth-order valence-electron chi connectivity index (χ4n) is 3.88. The lowest BCUT2D eigenvalue weighted by Crippen LogP contribution is -2.47. The van der Waals surface area contributed by atoms with Crippen molar-refractivity contribution >= 4 is 11.9 Å². The number of aliphatic carboxylic acids is 1. The highest BCUT2D eigenvalue weighted by Gasteiger charge is 2.41. The van der Waals surface area contributed by atoms with E-state index in [-0.39, 0.29) is 18.9 Å². The van der Waals surface area contributed by atoms with Gasteiger partial charge in [-0.05, 0) is 55.6 Å². The molecule has 0 saturated carbocycles. The van der Waals surface area contributed by atoms with Crippen LogP contribution in [0.25, 0.3) is 0 Å². The molecule has 2 rings (SSSR count). The summed E-state index contributed by atoms with van der Waals surface area (Å²) in [6.07, 6.45) is 4.37. The molecule has 150 valence electrons. The molecule has 0 unspecified atom stereocenters. The fraction of sp³-hybridized carbons (Fsp3) is 0.636. The van der Waals surface area contributed by atoms with Gasteiger partial charge >= 0.3 is 5.97 Å². The average Bonchev–Trinajstić information content (AvgIpc) is 2.63. The normalized spacial score (nSPS) is 16.5. The molecule has 0 aromatic heterocycles. The lowest BCUT2D eigenvalue weighted by molar-refractivity contribution is -0.155. The Hall–Kier alpha value is -1.88. The van der Waals surface area contributed by atoms with Gasteiger partial charge in [-0.3, -0.25) is 9.59 Å². The van der Waals surface area contributed by atoms with Gasteiger partial charge in [0.05, 0.1) is 5.41 Å². The van der Waals surface area contributed by atoms with E-state index in [9.17, 15) is 14.7 Å². The van der Waals surface area contributed by atoms with Gasteiger partial charge in [-0.2, -0.15) is 0 Å². The number of amides is 1. The van der Waals surface area contributed by atoms with Crippen LogP contribution >= 0.6 is 0 Å². The Bertz CT molecular complexity index is 616. The minimum absolute atomic E-state index is 0.106. The van der Waals surface area contributed by atoms with E-state index >= 15 is 0 Å². The third kappa shape index (κ3) is 6.06. The van der Waals surface area contributed by atoms with E-state index in [4.69, 9.17) is 5.11 Å². The van der Waals surface area contributed by atoms with Crippen LogP contribution in [0, 0.1) is 11.3 Å². The van der Waals surface area contributed by atoms with Gasteiger partial charge in [0.15, 0.2) is 0 Å². The van der Waals surface area contributed by atoms with E-state index < -0.39 is 11.4 Å². The van der Waals surface area contributed by atoms with Crippen LogP contribution in [-0.4, -0.2) is 46.7 Å². The molecular formula is C22H33NO4. The molecule has 5 heteroatoms. The molecule has 0 radical (unpaired) electrons.